The number of hydrogen-bond acceptors (Lipinski definition) is 4. The second kappa shape index (κ2) is 4.96. The molecule has 0 radical (unpaired) electrons. The summed E-state index contributed by atoms with van der Waals surface area (Å²) >= 11 is 1.68. The molecule has 17 heavy (non-hydrogen) atoms. The first kappa shape index (κ1) is 10.9. The maximum absolute atomic E-state index is 5.60. The maximum atomic E-state index is 5.60. The first-order valence-corrected chi connectivity index (χ1v) is 6.58. The quantitative estimate of drug-likeness (QED) is 0.903. The number of hydrogen-bond donors (Lipinski definition) is 1. The van der Waals surface area contributed by atoms with E-state index in [2.05, 4.69) is 34.6 Å². The highest BCUT2D eigenvalue weighted by atomic mass is 32.1. The molecule has 1 aliphatic heterocycles. The number of ether oxygens (including phenoxy) is 1. The van der Waals surface area contributed by atoms with Crippen molar-refractivity contribution in [3.05, 3.63) is 52.0 Å². The zero-order chi connectivity index (χ0) is 11.5. The summed E-state index contributed by atoms with van der Waals surface area (Å²) in [6.07, 6.45) is 1.91. The number of nitrogens with zero attached hydrogens (tertiary/aromatic N) is 1. The Morgan fingerprint density at radius 1 is 1.41 bits per heavy atom. The SMILES string of the molecule is c1ccc2c(c1)COCC2NCc1cncs1. The maximum Gasteiger partial charge on any atom is 0.0794 e. The van der Waals surface area contributed by atoms with Gasteiger partial charge in [0.15, 0.2) is 0 Å². The topological polar surface area (TPSA) is 34.1 Å². The van der Waals surface area contributed by atoms with E-state index in [9.17, 15) is 0 Å². The van der Waals surface area contributed by atoms with Crippen LogP contribution in [0.3, 0.4) is 0 Å². The lowest BCUT2D eigenvalue weighted by molar-refractivity contribution is 0.0817. The lowest BCUT2D eigenvalue weighted by Crippen LogP contribution is -2.29. The average molecular weight is 246 g/mol. The van der Waals surface area contributed by atoms with Crippen LogP contribution in [0.5, 0.6) is 0 Å². The smallest absolute Gasteiger partial charge is 0.0794 e. The van der Waals surface area contributed by atoms with Crippen LogP contribution >= 0.6 is 11.3 Å². The van der Waals surface area contributed by atoms with E-state index in [0.717, 1.165) is 19.8 Å². The summed E-state index contributed by atoms with van der Waals surface area (Å²) in [6.45, 7) is 2.33. The van der Waals surface area contributed by atoms with E-state index in [1.807, 2.05) is 11.7 Å². The molecular weight excluding hydrogens is 232 g/mol. The molecule has 0 saturated carbocycles. The van der Waals surface area contributed by atoms with E-state index < -0.39 is 0 Å². The molecular formula is C13H14N2OS. The van der Waals surface area contributed by atoms with Gasteiger partial charge in [0.25, 0.3) is 0 Å². The molecule has 0 saturated heterocycles. The van der Waals surface area contributed by atoms with Crippen molar-refractivity contribution in [2.75, 3.05) is 6.61 Å². The van der Waals surface area contributed by atoms with Gasteiger partial charge in [-0.15, -0.1) is 11.3 Å². The summed E-state index contributed by atoms with van der Waals surface area (Å²) in [5, 5.41) is 3.53. The average Bonchev–Trinajstić information content (AvgIpc) is 2.89. The van der Waals surface area contributed by atoms with Crippen LogP contribution < -0.4 is 5.32 Å². The fourth-order valence-corrected chi connectivity index (χ4v) is 2.65. The van der Waals surface area contributed by atoms with Gasteiger partial charge >= 0.3 is 0 Å². The van der Waals surface area contributed by atoms with E-state index in [1.165, 1.54) is 16.0 Å². The molecule has 0 fully saturated rings. The Kier molecular flexibility index (Phi) is 3.18. The third-order valence-electron chi connectivity index (χ3n) is 2.98. The Balaban J connectivity index is 1.72. The van der Waals surface area contributed by atoms with Crippen molar-refractivity contribution in [2.24, 2.45) is 0 Å². The molecule has 4 heteroatoms. The molecule has 0 spiro atoms. The van der Waals surface area contributed by atoms with Crippen LogP contribution in [0.1, 0.15) is 22.0 Å². The van der Waals surface area contributed by atoms with Crippen molar-refractivity contribution in [1.29, 1.82) is 0 Å². The third kappa shape index (κ3) is 2.39. The Hall–Kier alpha value is -1.23. The predicted molar refractivity (Wildman–Crippen MR) is 67.8 cm³/mol. The summed E-state index contributed by atoms with van der Waals surface area (Å²) in [4.78, 5) is 5.33. The minimum absolute atomic E-state index is 0.294. The molecule has 0 bridgehead atoms. The fraction of sp³-hybridized carbons (Fsp3) is 0.308. The van der Waals surface area contributed by atoms with Crippen molar-refractivity contribution < 1.29 is 4.74 Å². The van der Waals surface area contributed by atoms with Gasteiger partial charge in [0.1, 0.15) is 0 Å². The van der Waals surface area contributed by atoms with Gasteiger partial charge in [-0.3, -0.25) is 4.98 Å². The largest absolute Gasteiger partial charge is 0.375 e. The highest BCUT2D eigenvalue weighted by molar-refractivity contribution is 7.09. The van der Waals surface area contributed by atoms with Gasteiger partial charge < -0.3 is 10.1 Å². The lowest BCUT2D eigenvalue weighted by Gasteiger charge is -2.26. The van der Waals surface area contributed by atoms with Crippen molar-refractivity contribution in [1.82, 2.24) is 10.3 Å². The number of nitrogens with one attached hydrogen (secondary N) is 1. The second-order valence-corrected chi connectivity index (χ2v) is 5.09. The standard InChI is InChI=1S/C13H14N2OS/c1-2-4-12-10(3-1)7-16-8-13(12)15-6-11-5-14-9-17-11/h1-5,9,13,15H,6-8H2. The van der Waals surface area contributed by atoms with Gasteiger partial charge in [-0.1, -0.05) is 24.3 Å². The minimum atomic E-state index is 0.294. The summed E-state index contributed by atoms with van der Waals surface area (Å²) in [7, 11) is 0. The third-order valence-corrected chi connectivity index (χ3v) is 3.76. The number of thiazole rings is 1. The number of benzene rings is 1. The molecule has 0 aliphatic carbocycles. The molecule has 88 valence electrons. The van der Waals surface area contributed by atoms with Crippen LogP contribution in [-0.4, -0.2) is 11.6 Å². The van der Waals surface area contributed by atoms with Gasteiger partial charge in [0, 0.05) is 17.6 Å². The van der Waals surface area contributed by atoms with Gasteiger partial charge in [-0.2, -0.15) is 0 Å². The zero-order valence-electron chi connectivity index (χ0n) is 9.43. The van der Waals surface area contributed by atoms with Crippen LogP contribution in [0, 0.1) is 0 Å². The van der Waals surface area contributed by atoms with E-state index in [1.54, 1.807) is 11.3 Å². The number of fused-ring (bicyclic) bond motifs is 1. The van der Waals surface area contributed by atoms with Crippen molar-refractivity contribution in [2.45, 2.75) is 19.2 Å². The summed E-state index contributed by atoms with van der Waals surface area (Å²) in [5.41, 5.74) is 4.52. The summed E-state index contributed by atoms with van der Waals surface area (Å²) in [5.74, 6) is 0. The second-order valence-electron chi connectivity index (χ2n) is 4.12. The van der Waals surface area contributed by atoms with E-state index in [0.29, 0.717) is 6.04 Å². The Labute approximate surface area is 104 Å². The monoisotopic (exact) mass is 246 g/mol. The normalized spacial score (nSPS) is 18.9. The molecule has 1 aromatic carbocycles. The summed E-state index contributed by atoms with van der Waals surface area (Å²) < 4.78 is 5.60. The van der Waals surface area contributed by atoms with E-state index in [-0.39, 0.29) is 0 Å². The molecule has 1 N–H and O–H groups in total. The molecule has 3 nitrogen and oxygen atoms in total. The highest BCUT2D eigenvalue weighted by Crippen LogP contribution is 2.24. The first-order valence-electron chi connectivity index (χ1n) is 5.70. The van der Waals surface area contributed by atoms with E-state index >= 15 is 0 Å². The zero-order valence-corrected chi connectivity index (χ0v) is 10.2. The van der Waals surface area contributed by atoms with Crippen molar-refractivity contribution >= 4 is 11.3 Å². The Morgan fingerprint density at radius 3 is 3.24 bits per heavy atom. The molecule has 2 heterocycles. The first-order chi connectivity index (χ1) is 8.43. The van der Waals surface area contributed by atoms with Crippen LogP contribution in [0.2, 0.25) is 0 Å². The molecule has 1 atom stereocenters. The number of rotatable bonds is 3. The molecule has 1 aromatic heterocycles. The molecule has 1 aliphatic rings. The summed E-state index contributed by atoms with van der Waals surface area (Å²) in [6, 6.07) is 8.76. The van der Waals surface area contributed by atoms with Crippen LogP contribution in [0.25, 0.3) is 0 Å². The fourth-order valence-electron chi connectivity index (χ4n) is 2.10. The van der Waals surface area contributed by atoms with Gasteiger partial charge in [0.2, 0.25) is 0 Å². The highest BCUT2D eigenvalue weighted by Gasteiger charge is 2.19. The van der Waals surface area contributed by atoms with E-state index in [4.69, 9.17) is 4.74 Å². The predicted octanol–water partition coefficient (Wildman–Crippen LogP) is 2.50. The Morgan fingerprint density at radius 2 is 2.35 bits per heavy atom. The lowest BCUT2D eigenvalue weighted by atomic mass is 9.99. The Bertz CT molecular complexity index is 484. The van der Waals surface area contributed by atoms with Crippen LogP contribution in [-0.2, 0) is 17.9 Å². The minimum Gasteiger partial charge on any atom is -0.375 e. The molecule has 1 unspecified atom stereocenters. The van der Waals surface area contributed by atoms with Crippen LogP contribution in [0.4, 0.5) is 0 Å². The van der Waals surface area contributed by atoms with Gasteiger partial charge in [-0.05, 0) is 11.1 Å². The number of aromatic nitrogens is 1. The van der Waals surface area contributed by atoms with Gasteiger partial charge in [0.05, 0.1) is 24.8 Å². The van der Waals surface area contributed by atoms with Crippen molar-refractivity contribution in [3.8, 4) is 0 Å². The van der Waals surface area contributed by atoms with Gasteiger partial charge in [-0.25, -0.2) is 0 Å². The molecule has 0 amide bonds. The van der Waals surface area contributed by atoms with Crippen molar-refractivity contribution in [3.63, 3.8) is 0 Å². The molecule has 2 aromatic rings. The van der Waals surface area contributed by atoms with Crippen LogP contribution in [0.15, 0.2) is 36.0 Å². The molecule has 3 rings (SSSR count).